The van der Waals surface area contributed by atoms with Crippen LogP contribution in [0.25, 0.3) is 11.8 Å². The second-order valence-corrected chi connectivity index (χ2v) is 3.81. The highest BCUT2D eigenvalue weighted by molar-refractivity contribution is 6.28. The van der Waals surface area contributed by atoms with E-state index in [4.69, 9.17) is 16.9 Å². The SMILES string of the molecule is N#Cc1cccc(/C(O)=C\c2ccnc(Cl)n2)c1. The minimum Gasteiger partial charge on any atom is -0.507 e. The van der Waals surface area contributed by atoms with Crippen molar-refractivity contribution in [3.05, 3.63) is 58.6 Å². The Morgan fingerprint density at radius 3 is 2.94 bits per heavy atom. The predicted molar refractivity (Wildman–Crippen MR) is 68.7 cm³/mol. The molecule has 0 aliphatic carbocycles. The normalized spacial score (nSPS) is 11.0. The van der Waals surface area contributed by atoms with Gasteiger partial charge in [-0.05, 0) is 29.8 Å². The van der Waals surface area contributed by atoms with Crippen LogP contribution in [0.3, 0.4) is 0 Å². The van der Waals surface area contributed by atoms with Gasteiger partial charge in [-0.2, -0.15) is 5.26 Å². The molecule has 0 radical (unpaired) electrons. The van der Waals surface area contributed by atoms with Crippen molar-refractivity contribution in [2.24, 2.45) is 0 Å². The van der Waals surface area contributed by atoms with E-state index < -0.39 is 0 Å². The number of benzene rings is 1. The average Bonchev–Trinajstić information content (AvgIpc) is 2.39. The highest BCUT2D eigenvalue weighted by atomic mass is 35.5. The second kappa shape index (κ2) is 5.30. The van der Waals surface area contributed by atoms with Crippen molar-refractivity contribution < 1.29 is 5.11 Å². The summed E-state index contributed by atoms with van der Waals surface area (Å²) in [4.78, 5) is 7.68. The van der Waals surface area contributed by atoms with E-state index in [1.807, 2.05) is 6.07 Å². The first-order chi connectivity index (χ1) is 8.69. The smallest absolute Gasteiger partial charge is 0.222 e. The van der Waals surface area contributed by atoms with Crippen molar-refractivity contribution in [3.63, 3.8) is 0 Å². The Balaban J connectivity index is 2.36. The van der Waals surface area contributed by atoms with Crippen LogP contribution in [0.2, 0.25) is 5.28 Å². The Hall–Kier alpha value is -2.38. The van der Waals surface area contributed by atoms with Crippen molar-refractivity contribution in [2.45, 2.75) is 0 Å². The summed E-state index contributed by atoms with van der Waals surface area (Å²) in [6, 6.07) is 10.3. The van der Waals surface area contributed by atoms with Crippen LogP contribution < -0.4 is 0 Å². The molecule has 1 heterocycles. The summed E-state index contributed by atoms with van der Waals surface area (Å²) >= 11 is 5.65. The molecular formula is C13H8ClN3O. The highest BCUT2D eigenvalue weighted by Gasteiger charge is 2.02. The zero-order chi connectivity index (χ0) is 13.0. The second-order valence-electron chi connectivity index (χ2n) is 3.47. The van der Waals surface area contributed by atoms with E-state index in [1.165, 1.54) is 12.3 Å². The number of aliphatic hydroxyl groups excluding tert-OH is 1. The van der Waals surface area contributed by atoms with Gasteiger partial charge in [0.1, 0.15) is 5.76 Å². The molecule has 0 aliphatic heterocycles. The van der Waals surface area contributed by atoms with Crippen LogP contribution in [-0.4, -0.2) is 15.1 Å². The van der Waals surface area contributed by atoms with E-state index >= 15 is 0 Å². The lowest BCUT2D eigenvalue weighted by atomic mass is 10.1. The van der Waals surface area contributed by atoms with E-state index in [9.17, 15) is 5.11 Å². The Kier molecular flexibility index (Phi) is 3.56. The van der Waals surface area contributed by atoms with Crippen molar-refractivity contribution in [1.82, 2.24) is 9.97 Å². The molecule has 0 unspecified atom stereocenters. The summed E-state index contributed by atoms with van der Waals surface area (Å²) in [6.45, 7) is 0. The largest absolute Gasteiger partial charge is 0.507 e. The topological polar surface area (TPSA) is 69.8 Å². The molecule has 1 aromatic carbocycles. The van der Waals surface area contributed by atoms with Gasteiger partial charge >= 0.3 is 0 Å². The van der Waals surface area contributed by atoms with Gasteiger partial charge in [0, 0.05) is 17.8 Å². The third-order valence-corrected chi connectivity index (χ3v) is 2.40. The summed E-state index contributed by atoms with van der Waals surface area (Å²) < 4.78 is 0. The van der Waals surface area contributed by atoms with Crippen LogP contribution in [0.1, 0.15) is 16.8 Å². The van der Waals surface area contributed by atoms with Gasteiger partial charge < -0.3 is 5.11 Å². The number of aromatic nitrogens is 2. The molecular weight excluding hydrogens is 250 g/mol. The van der Waals surface area contributed by atoms with E-state index in [2.05, 4.69) is 9.97 Å². The average molecular weight is 258 g/mol. The maximum absolute atomic E-state index is 9.93. The van der Waals surface area contributed by atoms with Crippen molar-refractivity contribution in [3.8, 4) is 6.07 Å². The van der Waals surface area contributed by atoms with Gasteiger partial charge in [-0.25, -0.2) is 9.97 Å². The molecule has 0 aliphatic rings. The molecule has 1 N–H and O–H groups in total. The van der Waals surface area contributed by atoms with Crippen LogP contribution in [0.4, 0.5) is 0 Å². The van der Waals surface area contributed by atoms with Crippen molar-refractivity contribution >= 4 is 23.4 Å². The standard InChI is InChI=1S/C13H8ClN3O/c14-13-16-5-4-11(17-13)7-12(18)10-3-1-2-9(6-10)8-15/h1-7,18H/b12-7+. The lowest BCUT2D eigenvalue weighted by Gasteiger charge is -2.01. The zero-order valence-corrected chi connectivity index (χ0v) is 9.96. The summed E-state index contributed by atoms with van der Waals surface area (Å²) in [5.74, 6) is 0.0156. The van der Waals surface area contributed by atoms with Gasteiger partial charge in [-0.1, -0.05) is 12.1 Å². The third-order valence-electron chi connectivity index (χ3n) is 2.22. The van der Waals surface area contributed by atoms with Gasteiger partial charge in [-0.3, -0.25) is 0 Å². The van der Waals surface area contributed by atoms with Gasteiger partial charge in [-0.15, -0.1) is 0 Å². The number of halogens is 1. The summed E-state index contributed by atoms with van der Waals surface area (Å²) in [5.41, 5.74) is 1.52. The van der Waals surface area contributed by atoms with Crippen LogP contribution >= 0.6 is 11.6 Å². The van der Waals surface area contributed by atoms with E-state index in [0.717, 1.165) is 0 Å². The molecule has 18 heavy (non-hydrogen) atoms. The van der Waals surface area contributed by atoms with Crippen LogP contribution in [0.5, 0.6) is 0 Å². The lowest BCUT2D eigenvalue weighted by Crippen LogP contribution is -1.88. The van der Waals surface area contributed by atoms with Gasteiger partial charge in [0.05, 0.1) is 17.3 Å². The molecule has 0 spiro atoms. The first-order valence-electron chi connectivity index (χ1n) is 5.09. The summed E-state index contributed by atoms with van der Waals surface area (Å²) in [5, 5.41) is 18.8. The number of rotatable bonds is 2. The summed E-state index contributed by atoms with van der Waals surface area (Å²) in [6.07, 6.45) is 2.96. The molecule has 5 heteroatoms. The molecule has 1 aromatic heterocycles. The lowest BCUT2D eigenvalue weighted by molar-refractivity contribution is 0.515. The van der Waals surface area contributed by atoms with Crippen LogP contribution in [0.15, 0.2) is 36.5 Å². The molecule has 0 amide bonds. The molecule has 2 rings (SSSR count). The number of aliphatic hydroxyl groups is 1. The highest BCUT2D eigenvalue weighted by Crippen LogP contribution is 2.16. The van der Waals surface area contributed by atoms with E-state index in [1.54, 1.807) is 30.3 Å². The molecule has 88 valence electrons. The molecule has 2 aromatic rings. The third kappa shape index (κ3) is 2.84. The Bertz CT molecular complexity index is 647. The fourth-order valence-corrected chi connectivity index (χ4v) is 1.55. The first kappa shape index (κ1) is 12.1. The van der Waals surface area contributed by atoms with Crippen molar-refractivity contribution in [2.75, 3.05) is 0 Å². The maximum atomic E-state index is 9.93. The molecule has 0 saturated heterocycles. The first-order valence-corrected chi connectivity index (χ1v) is 5.46. The van der Waals surface area contributed by atoms with Gasteiger partial charge in [0.25, 0.3) is 0 Å². The predicted octanol–water partition coefficient (Wildman–Crippen LogP) is 3.06. The van der Waals surface area contributed by atoms with Gasteiger partial charge in [0.15, 0.2) is 0 Å². The Morgan fingerprint density at radius 1 is 1.39 bits per heavy atom. The minimum atomic E-state index is 0.0156. The molecule has 4 nitrogen and oxygen atoms in total. The van der Waals surface area contributed by atoms with Crippen molar-refractivity contribution in [1.29, 1.82) is 5.26 Å². The fraction of sp³-hybridized carbons (Fsp3) is 0. The molecule has 0 saturated carbocycles. The van der Waals surface area contributed by atoms with Crippen LogP contribution in [0, 0.1) is 11.3 Å². The maximum Gasteiger partial charge on any atom is 0.222 e. The van der Waals surface area contributed by atoms with E-state index in [0.29, 0.717) is 16.8 Å². The van der Waals surface area contributed by atoms with Gasteiger partial charge in [0.2, 0.25) is 5.28 Å². The Morgan fingerprint density at radius 2 is 2.22 bits per heavy atom. The quantitative estimate of drug-likeness (QED) is 0.663. The molecule has 0 bridgehead atoms. The fourth-order valence-electron chi connectivity index (χ4n) is 1.40. The molecule has 0 fully saturated rings. The van der Waals surface area contributed by atoms with Crippen LogP contribution in [-0.2, 0) is 0 Å². The zero-order valence-electron chi connectivity index (χ0n) is 9.21. The summed E-state index contributed by atoms with van der Waals surface area (Å²) in [7, 11) is 0. The van der Waals surface area contributed by atoms with E-state index in [-0.39, 0.29) is 11.0 Å². The number of hydrogen-bond acceptors (Lipinski definition) is 4. The number of nitriles is 1. The monoisotopic (exact) mass is 257 g/mol. The number of nitrogens with zero attached hydrogens (tertiary/aromatic N) is 3. The minimum absolute atomic E-state index is 0.0156. The molecule has 0 atom stereocenters. The number of hydrogen-bond donors (Lipinski definition) is 1. The Labute approximate surface area is 109 Å².